The number of aliphatic imine (C=N–C) groups is 1. The Morgan fingerprint density at radius 2 is 2.33 bits per heavy atom. The van der Waals surface area contributed by atoms with Crippen LogP contribution in [0.2, 0.25) is 0 Å². The van der Waals surface area contributed by atoms with Crippen LogP contribution < -0.4 is 0 Å². The summed E-state index contributed by atoms with van der Waals surface area (Å²) in [5.74, 6) is -0.411. The summed E-state index contributed by atoms with van der Waals surface area (Å²) in [5.41, 5.74) is 0.923. The first-order valence-corrected chi connectivity index (χ1v) is 8.74. The van der Waals surface area contributed by atoms with Crippen LogP contribution in [0.5, 0.6) is 0 Å². The first-order valence-electron chi connectivity index (χ1n) is 6.15. The Kier molecular flexibility index (Phi) is 6.08. The maximum atomic E-state index is 11.8. The second-order valence-electron chi connectivity index (χ2n) is 3.94. The minimum atomic E-state index is -0.303. The first kappa shape index (κ1) is 16.3. The van der Waals surface area contributed by atoms with Crippen LogP contribution in [0.15, 0.2) is 38.6 Å². The van der Waals surface area contributed by atoms with Gasteiger partial charge in [0.25, 0.3) is 5.91 Å². The van der Waals surface area contributed by atoms with Gasteiger partial charge in [0.05, 0.1) is 17.3 Å². The van der Waals surface area contributed by atoms with Gasteiger partial charge in [-0.3, -0.25) is 9.59 Å². The molecule has 1 aliphatic rings. The number of rotatable bonds is 4. The van der Waals surface area contributed by atoms with Crippen LogP contribution >= 0.6 is 39.5 Å². The van der Waals surface area contributed by atoms with E-state index in [4.69, 9.17) is 4.74 Å². The van der Waals surface area contributed by atoms with E-state index in [0.29, 0.717) is 15.9 Å². The fourth-order valence-corrected chi connectivity index (χ4v) is 3.74. The number of ether oxygens (including phenoxy) is 1. The van der Waals surface area contributed by atoms with Crippen LogP contribution in [0.4, 0.5) is 0 Å². The summed E-state index contributed by atoms with van der Waals surface area (Å²) in [7, 11) is 0. The third kappa shape index (κ3) is 5.01. The number of benzene rings is 1. The molecular weight excluding hydrogens is 374 g/mol. The molecule has 1 amide bonds. The predicted molar refractivity (Wildman–Crippen MR) is 91.2 cm³/mol. The molecule has 1 aromatic rings. The quantitative estimate of drug-likeness (QED) is 0.583. The Morgan fingerprint density at radius 1 is 1.52 bits per heavy atom. The zero-order chi connectivity index (χ0) is 15.2. The zero-order valence-corrected chi connectivity index (χ0v) is 14.4. The molecule has 110 valence electrons. The van der Waals surface area contributed by atoms with Crippen molar-refractivity contribution in [2.24, 2.45) is 4.99 Å². The Balaban J connectivity index is 1.98. The lowest BCUT2D eigenvalue weighted by atomic mass is 10.2. The van der Waals surface area contributed by atoms with Crippen LogP contribution in [0.1, 0.15) is 12.5 Å². The van der Waals surface area contributed by atoms with E-state index in [1.54, 1.807) is 13.0 Å². The standard InChI is InChI=1S/C14H12BrNO3S2/c1-2-19-12(17)8-20-14-16-13(18)11(21-14)7-9-4-3-5-10(15)6-9/h3-7H,2,8H2,1H3. The van der Waals surface area contributed by atoms with Gasteiger partial charge in [0.1, 0.15) is 4.38 Å². The summed E-state index contributed by atoms with van der Waals surface area (Å²) >= 11 is 5.89. The second kappa shape index (κ2) is 7.82. The SMILES string of the molecule is CCOC(=O)CSC1=NC(=O)C(=Cc2cccc(Br)c2)S1. The number of esters is 1. The van der Waals surface area contributed by atoms with Gasteiger partial charge >= 0.3 is 5.97 Å². The van der Waals surface area contributed by atoms with Crippen molar-refractivity contribution in [3.05, 3.63) is 39.2 Å². The van der Waals surface area contributed by atoms with E-state index in [1.807, 2.05) is 24.3 Å². The molecule has 0 N–H and O–H groups in total. The van der Waals surface area contributed by atoms with Gasteiger partial charge < -0.3 is 4.74 Å². The molecule has 7 heteroatoms. The van der Waals surface area contributed by atoms with Crippen LogP contribution in [-0.4, -0.2) is 28.6 Å². The third-order valence-corrected chi connectivity index (χ3v) is 4.96. The number of halogens is 1. The molecule has 0 unspecified atom stereocenters. The molecule has 2 rings (SSSR count). The summed E-state index contributed by atoms with van der Waals surface area (Å²) in [6, 6.07) is 7.65. The molecule has 1 aromatic carbocycles. The molecule has 21 heavy (non-hydrogen) atoms. The lowest BCUT2D eigenvalue weighted by Gasteiger charge is -2.00. The monoisotopic (exact) mass is 385 g/mol. The van der Waals surface area contributed by atoms with Gasteiger partial charge in [0.15, 0.2) is 0 Å². The molecule has 1 aliphatic heterocycles. The highest BCUT2D eigenvalue weighted by molar-refractivity contribution is 9.10. The van der Waals surface area contributed by atoms with E-state index in [2.05, 4.69) is 20.9 Å². The molecule has 0 saturated carbocycles. The molecule has 0 bridgehead atoms. The second-order valence-corrected chi connectivity index (χ2v) is 7.11. The van der Waals surface area contributed by atoms with Crippen molar-refractivity contribution in [2.75, 3.05) is 12.4 Å². The molecule has 0 saturated heterocycles. The van der Waals surface area contributed by atoms with Crippen LogP contribution in [-0.2, 0) is 14.3 Å². The van der Waals surface area contributed by atoms with E-state index in [-0.39, 0.29) is 17.6 Å². The summed E-state index contributed by atoms with van der Waals surface area (Å²) in [6.07, 6.45) is 1.79. The van der Waals surface area contributed by atoms with Gasteiger partial charge in [0.2, 0.25) is 0 Å². The maximum absolute atomic E-state index is 11.8. The summed E-state index contributed by atoms with van der Waals surface area (Å²) < 4.78 is 6.36. The molecule has 0 fully saturated rings. The van der Waals surface area contributed by atoms with Crippen molar-refractivity contribution in [1.29, 1.82) is 0 Å². The van der Waals surface area contributed by atoms with Crippen LogP contribution in [0.25, 0.3) is 6.08 Å². The summed E-state index contributed by atoms with van der Waals surface area (Å²) in [5, 5.41) is 0. The Bertz CT molecular complexity index is 628. The lowest BCUT2D eigenvalue weighted by molar-refractivity contribution is -0.139. The van der Waals surface area contributed by atoms with E-state index in [1.165, 1.54) is 23.5 Å². The summed E-state index contributed by atoms with van der Waals surface area (Å²) in [4.78, 5) is 27.6. The normalized spacial score (nSPS) is 16.2. The molecule has 1 heterocycles. The number of nitrogens with zero attached hydrogens (tertiary/aromatic N) is 1. The smallest absolute Gasteiger partial charge is 0.316 e. The molecular formula is C14H12BrNO3S2. The Labute approximate surface area is 139 Å². The van der Waals surface area contributed by atoms with Crippen LogP contribution in [0.3, 0.4) is 0 Å². The number of carbonyl (C=O) groups excluding carboxylic acids is 2. The minimum Gasteiger partial charge on any atom is -0.465 e. The van der Waals surface area contributed by atoms with Crippen LogP contribution in [0, 0.1) is 0 Å². The van der Waals surface area contributed by atoms with Gasteiger partial charge in [-0.25, -0.2) is 0 Å². The minimum absolute atomic E-state index is 0.164. The Morgan fingerprint density at radius 3 is 3.05 bits per heavy atom. The highest BCUT2D eigenvalue weighted by Crippen LogP contribution is 2.33. The van der Waals surface area contributed by atoms with E-state index >= 15 is 0 Å². The number of thioether (sulfide) groups is 2. The highest BCUT2D eigenvalue weighted by atomic mass is 79.9. The largest absolute Gasteiger partial charge is 0.465 e. The maximum Gasteiger partial charge on any atom is 0.316 e. The van der Waals surface area contributed by atoms with E-state index < -0.39 is 0 Å². The fraction of sp³-hybridized carbons (Fsp3) is 0.214. The molecule has 4 nitrogen and oxygen atoms in total. The van der Waals surface area contributed by atoms with Crippen molar-refractivity contribution in [3.8, 4) is 0 Å². The van der Waals surface area contributed by atoms with Crippen molar-refractivity contribution in [1.82, 2.24) is 0 Å². The zero-order valence-electron chi connectivity index (χ0n) is 11.2. The van der Waals surface area contributed by atoms with Gasteiger partial charge in [-0.2, -0.15) is 4.99 Å². The van der Waals surface area contributed by atoms with E-state index in [0.717, 1.165) is 10.0 Å². The number of carbonyl (C=O) groups is 2. The molecule has 0 radical (unpaired) electrons. The number of amides is 1. The molecule has 0 atom stereocenters. The molecule has 0 aliphatic carbocycles. The van der Waals surface area contributed by atoms with Gasteiger partial charge in [0, 0.05) is 4.47 Å². The van der Waals surface area contributed by atoms with Crippen molar-refractivity contribution >= 4 is 61.8 Å². The molecule has 0 aromatic heterocycles. The highest BCUT2D eigenvalue weighted by Gasteiger charge is 2.23. The fourth-order valence-electron chi connectivity index (χ4n) is 1.52. The van der Waals surface area contributed by atoms with Gasteiger partial charge in [-0.05, 0) is 30.7 Å². The number of hydrogen-bond acceptors (Lipinski definition) is 5. The van der Waals surface area contributed by atoms with Crippen molar-refractivity contribution < 1.29 is 14.3 Å². The van der Waals surface area contributed by atoms with E-state index in [9.17, 15) is 9.59 Å². The third-order valence-electron chi connectivity index (χ3n) is 2.37. The predicted octanol–water partition coefficient (Wildman–Crippen LogP) is 3.72. The Hall–Kier alpha value is -1.05. The van der Waals surface area contributed by atoms with Crippen molar-refractivity contribution in [3.63, 3.8) is 0 Å². The van der Waals surface area contributed by atoms with Crippen molar-refractivity contribution in [2.45, 2.75) is 6.92 Å². The first-order chi connectivity index (χ1) is 10.1. The molecule has 0 spiro atoms. The lowest BCUT2D eigenvalue weighted by Crippen LogP contribution is -2.07. The topological polar surface area (TPSA) is 55.7 Å². The van der Waals surface area contributed by atoms with Gasteiger partial charge in [-0.15, -0.1) is 0 Å². The summed E-state index contributed by atoms with van der Waals surface area (Å²) in [6.45, 7) is 2.11. The number of hydrogen-bond donors (Lipinski definition) is 0. The van der Waals surface area contributed by atoms with Gasteiger partial charge in [-0.1, -0.05) is 51.6 Å². The average molecular weight is 386 g/mol. The average Bonchev–Trinajstić information content (AvgIpc) is 2.77.